The summed E-state index contributed by atoms with van der Waals surface area (Å²) in [5.74, 6) is 0. The van der Waals surface area contributed by atoms with Gasteiger partial charge in [0.15, 0.2) is 0 Å². The molecule has 0 spiro atoms. The molecule has 3 heteroatoms. The number of urea groups is 1. The van der Waals surface area contributed by atoms with Crippen molar-refractivity contribution in [2.75, 3.05) is 13.1 Å². The maximum atomic E-state index is 12.2. The van der Waals surface area contributed by atoms with Crippen LogP contribution in [-0.2, 0) is 0 Å². The van der Waals surface area contributed by atoms with Crippen LogP contribution in [0.1, 0.15) is 91.4 Å². The summed E-state index contributed by atoms with van der Waals surface area (Å²) in [4.78, 5) is 14.4. The highest BCUT2D eigenvalue weighted by Crippen LogP contribution is 2.30. The Morgan fingerprint density at radius 2 is 1.57 bits per heavy atom. The highest BCUT2D eigenvalue weighted by Gasteiger charge is 2.35. The van der Waals surface area contributed by atoms with E-state index in [4.69, 9.17) is 0 Å². The van der Waals surface area contributed by atoms with Gasteiger partial charge < -0.3 is 10.2 Å². The minimum atomic E-state index is 0.0615. The number of rotatable bonds is 11. The van der Waals surface area contributed by atoms with Gasteiger partial charge in [-0.25, -0.2) is 4.79 Å². The summed E-state index contributed by atoms with van der Waals surface area (Å²) in [6, 6.07) is 0.162. The van der Waals surface area contributed by atoms with E-state index in [1.54, 1.807) is 0 Å². The summed E-state index contributed by atoms with van der Waals surface area (Å²) in [7, 11) is 0. The Morgan fingerprint density at radius 3 is 2.05 bits per heavy atom. The minimum absolute atomic E-state index is 0.0615. The van der Waals surface area contributed by atoms with E-state index >= 15 is 0 Å². The molecule has 0 saturated carbocycles. The molecule has 0 aromatic heterocycles. The Labute approximate surface area is 131 Å². The predicted octanol–water partition coefficient (Wildman–Crippen LogP) is 5.10. The van der Waals surface area contributed by atoms with Crippen molar-refractivity contribution in [1.82, 2.24) is 10.2 Å². The molecule has 2 amide bonds. The third-order valence-corrected chi connectivity index (χ3v) is 4.87. The van der Waals surface area contributed by atoms with Crippen LogP contribution in [0.5, 0.6) is 0 Å². The van der Waals surface area contributed by atoms with Gasteiger partial charge in [0.25, 0.3) is 0 Å². The Bertz CT molecular complexity index is 279. The van der Waals surface area contributed by atoms with E-state index in [0.29, 0.717) is 0 Å². The first-order chi connectivity index (χ1) is 10.1. The molecule has 3 nitrogen and oxygen atoms in total. The summed E-state index contributed by atoms with van der Waals surface area (Å²) >= 11 is 0. The van der Waals surface area contributed by atoms with E-state index in [0.717, 1.165) is 32.4 Å². The van der Waals surface area contributed by atoms with Gasteiger partial charge in [0.1, 0.15) is 0 Å². The lowest BCUT2D eigenvalue weighted by Crippen LogP contribution is -2.57. The van der Waals surface area contributed by atoms with Crippen molar-refractivity contribution in [3.8, 4) is 0 Å². The molecule has 0 aromatic carbocycles. The lowest BCUT2D eigenvalue weighted by Gasteiger charge is -2.44. The maximum Gasteiger partial charge on any atom is 0.317 e. The molecule has 0 atom stereocenters. The summed E-state index contributed by atoms with van der Waals surface area (Å²) in [6.45, 7) is 8.60. The SMILES string of the molecule is CCCCCCC(C)(CCCCCC)N1CCCNC1=O. The number of carbonyl (C=O) groups excluding carboxylic acids is 1. The Kier molecular flexibility index (Phi) is 8.79. The van der Waals surface area contributed by atoms with E-state index in [1.165, 1.54) is 51.4 Å². The molecule has 0 aliphatic carbocycles. The number of unbranched alkanes of at least 4 members (excludes halogenated alkanes) is 6. The van der Waals surface area contributed by atoms with Crippen LogP contribution in [0, 0.1) is 0 Å². The fraction of sp³-hybridized carbons (Fsp3) is 0.944. The average Bonchev–Trinajstić information content (AvgIpc) is 2.49. The molecule has 0 bridgehead atoms. The predicted molar refractivity (Wildman–Crippen MR) is 90.6 cm³/mol. The van der Waals surface area contributed by atoms with E-state index in [1.807, 2.05) is 0 Å². The summed E-state index contributed by atoms with van der Waals surface area (Å²) in [6.07, 6.45) is 13.7. The molecule has 0 aromatic rings. The molecule has 21 heavy (non-hydrogen) atoms. The largest absolute Gasteiger partial charge is 0.338 e. The van der Waals surface area contributed by atoms with Gasteiger partial charge in [0.05, 0.1) is 0 Å². The van der Waals surface area contributed by atoms with E-state index in [2.05, 4.69) is 31.0 Å². The van der Waals surface area contributed by atoms with E-state index in [9.17, 15) is 4.79 Å². The molecule has 1 heterocycles. The lowest BCUT2D eigenvalue weighted by molar-refractivity contribution is 0.0925. The van der Waals surface area contributed by atoms with E-state index in [-0.39, 0.29) is 11.6 Å². The first-order valence-electron chi connectivity index (χ1n) is 9.19. The first kappa shape index (κ1) is 18.3. The van der Waals surface area contributed by atoms with Crippen LogP contribution >= 0.6 is 0 Å². The summed E-state index contributed by atoms with van der Waals surface area (Å²) < 4.78 is 0. The molecule has 0 unspecified atom stereocenters. The molecule has 1 aliphatic heterocycles. The zero-order chi connectivity index (χ0) is 15.6. The Morgan fingerprint density at radius 1 is 1.00 bits per heavy atom. The quantitative estimate of drug-likeness (QED) is 0.528. The van der Waals surface area contributed by atoms with Gasteiger partial charge in [-0.15, -0.1) is 0 Å². The number of hydrogen-bond donors (Lipinski definition) is 1. The molecule has 1 fully saturated rings. The Hall–Kier alpha value is -0.730. The molecule has 124 valence electrons. The lowest BCUT2D eigenvalue weighted by atomic mass is 9.86. The highest BCUT2D eigenvalue weighted by molar-refractivity contribution is 5.75. The van der Waals surface area contributed by atoms with Crippen molar-refractivity contribution < 1.29 is 4.79 Å². The highest BCUT2D eigenvalue weighted by atomic mass is 16.2. The van der Waals surface area contributed by atoms with Gasteiger partial charge in [-0.2, -0.15) is 0 Å². The van der Waals surface area contributed by atoms with E-state index < -0.39 is 0 Å². The number of hydrogen-bond acceptors (Lipinski definition) is 1. The second kappa shape index (κ2) is 10.1. The fourth-order valence-corrected chi connectivity index (χ4v) is 3.40. The van der Waals surface area contributed by atoms with Gasteiger partial charge in [-0.1, -0.05) is 65.2 Å². The molecule has 1 N–H and O–H groups in total. The second-order valence-corrected chi connectivity index (χ2v) is 6.86. The smallest absolute Gasteiger partial charge is 0.317 e. The van der Waals surface area contributed by atoms with Crippen LogP contribution in [0.4, 0.5) is 4.79 Å². The summed E-state index contributed by atoms with van der Waals surface area (Å²) in [5, 5.41) is 3.03. The minimum Gasteiger partial charge on any atom is -0.338 e. The third-order valence-electron chi connectivity index (χ3n) is 4.87. The number of amides is 2. The van der Waals surface area contributed by atoms with Gasteiger partial charge in [0, 0.05) is 18.6 Å². The molecule has 1 rings (SSSR count). The molecule has 1 aliphatic rings. The zero-order valence-electron chi connectivity index (χ0n) is 14.5. The number of nitrogens with zero attached hydrogens (tertiary/aromatic N) is 1. The molecular weight excluding hydrogens is 260 g/mol. The maximum absolute atomic E-state index is 12.2. The molecular formula is C18H36N2O. The molecule has 0 radical (unpaired) electrons. The van der Waals surface area contributed by atoms with Crippen LogP contribution in [0.15, 0.2) is 0 Å². The van der Waals surface area contributed by atoms with Gasteiger partial charge in [-0.3, -0.25) is 0 Å². The van der Waals surface area contributed by atoms with Crippen LogP contribution in [0.25, 0.3) is 0 Å². The van der Waals surface area contributed by atoms with Crippen molar-refractivity contribution in [2.24, 2.45) is 0 Å². The monoisotopic (exact) mass is 296 g/mol. The normalized spacial score (nSPS) is 16.1. The van der Waals surface area contributed by atoms with Crippen LogP contribution in [0.3, 0.4) is 0 Å². The first-order valence-corrected chi connectivity index (χ1v) is 9.19. The van der Waals surface area contributed by atoms with Gasteiger partial charge in [-0.05, 0) is 26.2 Å². The zero-order valence-corrected chi connectivity index (χ0v) is 14.5. The second-order valence-electron chi connectivity index (χ2n) is 6.86. The van der Waals surface area contributed by atoms with Crippen LogP contribution in [0.2, 0.25) is 0 Å². The van der Waals surface area contributed by atoms with Crippen molar-refractivity contribution in [3.05, 3.63) is 0 Å². The van der Waals surface area contributed by atoms with Gasteiger partial charge >= 0.3 is 6.03 Å². The average molecular weight is 296 g/mol. The van der Waals surface area contributed by atoms with Crippen molar-refractivity contribution in [1.29, 1.82) is 0 Å². The number of carbonyl (C=O) groups is 1. The van der Waals surface area contributed by atoms with Crippen molar-refractivity contribution in [3.63, 3.8) is 0 Å². The Balaban J connectivity index is 2.55. The standard InChI is InChI=1S/C18H36N2O/c1-4-6-8-10-13-18(3,14-11-9-7-5-2)20-16-12-15-19-17(20)21/h4-16H2,1-3H3,(H,19,21). The summed E-state index contributed by atoms with van der Waals surface area (Å²) in [5.41, 5.74) is 0.0615. The van der Waals surface area contributed by atoms with Crippen LogP contribution in [-0.4, -0.2) is 29.6 Å². The van der Waals surface area contributed by atoms with Crippen LogP contribution < -0.4 is 5.32 Å². The third kappa shape index (κ3) is 6.27. The van der Waals surface area contributed by atoms with Crippen molar-refractivity contribution in [2.45, 2.75) is 96.9 Å². The fourth-order valence-electron chi connectivity index (χ4n) is 3.40. The van der Waals surface area contributed by atoms with Gasteiger partial charge in [0.2, 0.25) is 0 Å². The topological polar surface area (TPSA) is 32.3 Å². The van der Waals surface area contributed by atoms with Crippen molar-refractivity contribution >= 4 is 6.03 Å². The number of nitrogens with one attached hydrogen (secondary N) is 1. The molecule has 1 saturated heterocycles.